The molecule has 0 bridgehead atoms. The van der Waals surface area contributed by atoms with Gasteiger partial charge in [0.1, 0.15) is 0 Å². The van der Waals surface area contributed by atoms with Crippen LogP contribution in [0.25, 0.3) is 0 Å². The molecule has 0 radical (unpaired) electrons. The van der Waals surface area contributed by atoms with E-state index < -0.39 is 0 Å². The van der Waals surface area contributed by atoms with E-state index in [9.17, 15) is 4.79 Å². The van der Waals surface area contributed by atoms with Gasteiger partial charge in [-0.3, -0.25) is 9.78 Å². The third-order valence-electron chi connectivity index (χ3n) is 2.81. The fourth-order valence-corrected chi connectivity index (χ4v) is 1.69. The Kier molecular flexibility index (Phi) is 4.13. The number of anilines is 1. The van der Waals surface area contributed by atoms with Crippen LogP contribution < -0.4 is 11.1 Å². The first-order valence-corrected chi connectivity index (χ1v) is 6.16. The van der Waals surface area contributed by atoms with Crippen molar-refractivity contribution in [2.45, 2.75) is 19.9 Å². The predicted octanol–water partition coefficient (Wildman–Crippen LogP) is 1.83. The summed E-state index contributed by atoms with van der Waals surface area (Å²) in [6, 6.07) is 11.2. The molecule has 1 aromatic heterocycles. The van der Waals surface area contributed by atoms with E-state index in [1.165, 1.54) is 0 Å². The molecular weight excluding hydrogens is 238 g/mol. The smallest absolute Gasteiger partial charge is 0.224 e. The third-order valence-corrected chi connectivity index (χ3v) is 2.81. The van der Waals surface area contributed by atoms with Crippen LogP contribution in [0.4, 0.5) is 5.69 Å². The fourth-order valence-electron chi connectivity index (χ4n) is 1.69. The van der Waals surface area contributed by atoms with Crippen LogP contribution in [0, 0.1) is 6.92 Å². The van der Waals surface area contributed by atoms with E-state index in [0.29, 0.717) is 18.7 Å². The number of nitrogens with zero attached hydrogens (tertiary/aromatic N) is 1. The van der Waals surface area contributed by atoms with Gasteiger partial charge >= 0.3 is 0 Å². The van der Waals surface area contributed by atoms with Crippen LogP contribution in [0.3, 0.4) is 0 Å². The van der Waals surface area contributed by atoms with E-state index in [4.69, 9.17) is 5.73 Å². The number of hydrogen-bond donors (Lipinski definition) is 2. The van der Waals surface area contributed by atoms with Gasteiger partial charge in [0, 0.05) is 24.1 Å². The van der Waals surface area contributed by atoms with Crippen LogP contribution in [-0.2, 0) is 17.8 Å². The molecule has 98 valence electrons. The van der Waals surface area contributed by atoms with Gasteiger partial charge in [-0.1, -0.05) is 18.2 Å². The number of rotatable bonds is 4. The lowest BCUT2D eigenvalue weighted by Crippen LogP contribution is -2.24. The summed E-state index contributed by atoms with van der Waals surface area (Å²) in [5, 5.41) is 2.87. The summed E-state index contributed by atoms with van der Waals surface area (Å²) >= 11 is 0. The van der Waals surface area contributed by atoms with Crippen molar-refractivity contribution >= 4 is 11.6 Å². The summed E-state index contributed by atoms with van der Waals surface area (Å²) in [6.07, 6.45) is 2.14. The van der Waals surface area contributed by atoms with Gasteiger partial charge in [0.15, 0.2) is 0 Å². The van der Waals surface area contributed by atoms with Gasteiger partial charge in [-0.2, -0.15) is 0 Å². The Hall–Kier alpha value is -2.36. The fraction of sp³-hybridized carbons (Fsp3) is 0.200. The molecule has 2 rings (SSSR count). The highest BCUT2D eigenvalue weighted by Crippen LogP contribution is 2.06. The molecule has 0 atom stereocenters. The molecule has 0 fully saturated rings. The quantitative estimate of drug-likeness (QED) is 0.819. The molecule has 19 heavy (non-hydrogen) atoms. The van der Waals surface area contributed by atoms with Gasteiger partial charge in [0.2, 0.25) is 5.91 Å². The summed E-state index contributed by atoms with van der Waals surface area (Å²) in [5.41, 5.74) is 9.22. The van der Waals surface area contributed by atoms with Crippen LogP contribution in [0.15, 0.2) is 42.6 Å². The average Bonchev–Trinajstić information content (AvgIpc) is 2.41. The lowest BCUT2D eigenvalue weighted by molar-refractivity contribution is -0.120. The molecule has 1 aromatic carbocycles. The molecule has 0 saturated heterocycles. The van der Waals surface area contributed by atoms with Crippen molar-refractivity contribution in [3.8, 4) is 0 Å². The third kappa shape index (κ3) is 4.10. The van der Waals surface area contributed by atoms with E-state index >= 15 is 0 Å². The molecule has 0 aliphatic rings. The molecule has 0 spiro atoms. The Morgan fingerprint density at radius 3 is 2.47 bits per heavy atom. The number of pyridine rings is 1. The topological polar surface area (TPSA) is 68.0 Å². The minimum absolute atomic E-state index is 0.00894. The van der Waals surface area contributed by atoms with E-state index in [1.807, 2.05) is 31.2 Å². The van der Waals surface area contributed by atoms with E-state index in [-0.39, 0.29) is 5.91 Å². The van der Waals surface area contributed by atoms with E-state index in [2.05, 4.69) is 10.3 Å². The maximum absolute atomic E-state index is 11.8. The lowest BCUT2D eigenvalue weighted by Gasteiger charge is -2.06. The second kappa shape index (κ2) is 6.00. The van der Waals surface area contributed by atoms with Crippen molar-refractivity contribution in [3.63, 3.8) is 0 Å². The molecule has 0 saturated carbocycles. The van der Waals surface area contributed by atoms with Crippen molar-refractivity contribution in [1.29, 1.82) is 0 Å². The average molecular weight is 255 g/mol. The van der Waals surface area contributed by atoms with Crippen LogP contribution in [0.1, 0.15) is 16.8 Å². The van der Waals surface area contributed by atoms with Gasteiger partial charge in [-0.05, 0) is 36.2 Å². The number of nitrogens with two attached hydrogens (primary N) is 1. The maximum atomic E-state index is 11.8. The van der Waals surface area contributed by atoms with Crippen molar-refractivity contribution in [2.75, 3.05) is 5.73 Å². The first-order chi connectivity index (χ1) is 9.13. The largest absolute Gasteiger partial charge is 0.399 e. The van der Waals surface area contributed by atoms with Gasteiger partial charge in [-0.25, -0.2) is 0 Å². The van der Waals surface area contributed by atoms with Gasteiger partial charge in [0.25, 0.3) is 0 Å². The highest BCUT2D eigenvalue weighted by Gasteiger charge is 2.03. The lowest BCUT2D eigenvalue weighted by atomic mass is 10.1. The minimum atomic E-state index is -0.00894. The number of aromatic nitrogens is 1. The van der Waals surface area contributed by atoms with Gasteiger partial charge in [-0.15, -0.1) is 0 Å². The van der Waals surface area contributed by atoms with Crippen LogP contribution in [0.2, 0.25) is 0 Å². The van der Waals surface area contributed by atoms with Crippen molar-refractivity contribution < 1.29 is 4.79 Å². The summed E-state index contributed by atoms with van der Waals surface area (Å²) in [5.74, 6) is -0.00894. The van der Waals surface area contributed by atoms with Crippen molar-refractivity contribution in [1.82, 2.24) is 10.3 Å². The zero-order valence-electron chi connectivity index (χ0n) is 10.9. The number of aryl methyl sites for hydroxylation is 1. The number of nitrogens with one attached hydrogen (secondary N) is 1. The number of benzene rings is 1. The van der Waals surface area contributed by atoms with Crippen molar-refractivity contribution in [2.24, 2.45) is 0 Å². The predicted molar refractivity (Wildman–Crippen MR) is 75.4 cm³/mol. The number of carbonyl (C=O) groups excluding carboxylic acids is 1. The highest BCUT2D eigenvalue weighted by molar-refractivity contribution is 5.78. The Balaban J connectivity index is 1.84. The van der Waals surface area contributed by atoms with Gasteiger partial charge in [0.05, 0.1) is 6.42 Å². The summed E-state index contributed by atoms with van der Waals surface area (Å²) in [4.78, 5) is 16.0. The zero-order valence-corrected chi connectivity index (χ0v) is 10.9. The number of hydrogen-bond acceptors (Lipinski definition) is 3. The molecule has 0 unspecified atom stereocenters. The summed E-state index contributed by atoms with van der Waals surface area (Å²) < 4.78 is 0. The van der Waals surface area contributed by atoms with Gasteiger partial charge < -0.3 is 11.1 Å². The molecule has 0 aliphatic carbocycles. The van der Waals surface area contributed by atoms with Crippen molar-refractivity contribution in [3.05, 3.63) is 59.4 Å². The van der Waals surface area contributed by atoms with Crippen LogP contribution in [-0.4, -0.2) is 10.9 Å². The highest BCUT2D eigenvalue weighted by atomic mass is 16.1. The standard InChI is InChI=1S/C15H17N3O/c1-11-2-3-13(9-17-11)10-18-15(19)8-12-4-6-14(16)7-5-12/h2-7,9H,8,10,16H2,1H3,(H,18,19). The normalized spacial score (nSPS) is 10.2. The number of amides is 1. The number of carbonyl (C=O) groups is 1. The Morgan fingerprint density at radius 1 is 1.16 bits per heavy atom. The molecule has 0 aliphatic heterocycles. The Morgan fingerprint density at radius 2 is 1.84 bits per heavy atom. The summed E-state index contributed by atoms with van der Waals surface area (Å²) in [6.45, 7) is 2.44. The molecule has 4 nitrogen and oxygen atoms in total. The maximum Gasteiger partial charge on any atom is 0.224 e. The molecule has 2 aromatic rings. The number of nitrogen functional groups attached to an aromatic ring is 1. The van der Waals surface area contributed by atoms with Crippen LogP contribution in [0.5, 0.6) is 0 Å². The monoisotopic (exact) mass is 255 g/mol. The first-order valence-electron chi connectivity index (χ1n) is 6.16. The van der Waals surface area contributed by atoms with E-state index in [0.717, 1.165) is 16.8 Å². The Bertz CT molecular complexity index is 547. The van der Waals surface area contributed by atoms with E-state index in [1.54, 1.807) is 18.3 Å². The molecule has 3 N–H and O–H groups in total. The second-order valence-corrected chi connectivity index (χ2v) is 4.50. The Labute approximate surface area is 112 Å². The molecular formula is C15H17N3O. The first kappa shape index (κ1) is 13.1. The minimum Gasteiger partial charge on any atom is -0.399 e. The molecule has 1 heterocycles. The SMILES string of the molecule is Cc1ccc(CNC(=O)Cc2ccc(N)cc2)cn1. The zero-order chi connectivity index (χ0) is 13.7. The van der Waals surface area contributed by atoms with Crippen LogP contribution >= 0.6 is 0 Å². The molecule has 1 amide bonds. The summed E-state index contributed by atoms with van der Waals surface area (Å²) in [7, 11) is 0. The second-order valence-electron chi connectivity index (χ2n) is 4.50. The molecule has 4 heteroatoms.